The van der Waals surface area contributed by atoms with E-state index in [1.54, 1.807) is 0 Å². The summed E-state index contributed by atoms with van der Waals surface area (Å²) in [7, 11) is 0. The Hall–Kier alpha value is -3.97. The van der Waals surface area contributed by atoms with Crippen LogP contribution in [0.5, 0.6) is 0 Å². The van der Waals surface area contributed by atoms with Gasteiger partial charge < -0.3 is 4.90 Å². The van der Waals surface area contributed by atoms with Crippen LogP contribution in [0.4, 0.5) is 17.1 Å². The summed E-state index contributed by atoms with van der Waals surface area (Å²) in [5.41, 5.74) is 23.0. The Kier molecular flexibility index (Phi) is 5.59. The lowest BCUT2D eigenvalue weighted by molar-refractivity contribution is 0.642. The normalized spacial score (nSPS) is 17.0. The van der Waals surface area contributed by atoms with Crippen LogP contribution >= 0.6 is 0 Å². The first-order valence-electron chi connectivity index (χ1n) is 17.4. The number of anilines is 3. The predicted molar refractivity (Wildman–Crippen MR) is 200 cm³/mol. The molecule has 0 unspecified atom stereocenters. The lowest BCUT2D eigenvalue weighted by Crippen LogP contribution is -2.70. The number of nitrogens with zero attached hydrogens (tertiary/aromatic N) is 1. The van der Waals surface area contributed by atoms with Crippen molar-refractivity contribution in [3.63, 3.8) is 0 Å². The maximum atomic E-state index is 2.74. The Balaban J connectivity index is 1.49. The molecule has 0 fully saturated rings. The number of hydrogen-bond donors (Lipinski definition) is 0. The van der Waals surface area contributed by atoms with Crippen molar-refractivity contribution < 1.29 is 0 Å². The number of benzene rings is 5. The molecule has 0 amide bonds. The molecule has 5 aromatic carbocycles. The van der Waals surface area contributed by atoms with Crippen molar-refractivity contribution in [3.05, 3.63) is 124 Å². The van der Waals surface area contributed by atoms with Crippen molar-refractivity contribution in [2.24, 2.45) is 0 Å². The van der Waals surface area contributed by atoms with Gasteiger partial charge in [-0.1, -0.05) is 145 Å². The zero-order valence-corrected chi connectivity index (χ0v) is 28.8. The fourth-order valence-corrected chi connectivity index (χ4v) is 9.78. The third-order valence-electron chi connectivity index (χ3n) is 12.1. The molecule has 0 spiro atoms. The molecule has 0 bridgehead atoms. The minimum absolute atomic E-state index is 0.0926. The molecule has 0 N–H and O–H groups in total. The molecule has 5 aromatic rings. The number of aryl methyl sites for hydroxylation is 1. The molecule has 226 valence electrons. The first-order valence-corrected chi connectivity index (χ1v) is 17.4. The van der Waals surface area contributed by atoms with Crippen molar-refractivity contribution in [2.75, 3.05) is 4.90 Å². The van der Waals surface area contributed by atoms with Crippen LogP contribution in [0.25, 0.3) is 0 Å². The molecule has 3 heteroatoms. The van der Waals surface area contributed by atoms with Gasteiger partial charge in [-0.2, -0.15) is 0 Å². The van der Waals surface area contributed by atoms with Crippen LogP contribution in [-0.4, -0.2) is 13.4 Å². The summed E-state index contributed by atoms with van der Waals surface area (Å²) >= 11 is 0. The second-order valence-electron chi connectivity index (χ2n) is 16.2. The van der Waals surface area contributed by atoms with Crippen molar-refractivity contribution >= 4 is 63.3 Å². The van der Waals surface area contributed by atoms with Gasteiger partial charge in [0.25, 0.3) is 0 Å². The van der Waals surface area contributed by atoms with E-state index in [0.29, 0.717) is 11.8 Å². The Bertz CT molecular complexity index is 2000. The lowest BCUT2D eigenvalue weighted by Gasteiger charge is -2.51. The van der Waals surface area contributed by atoms with Gasteiger partial charge in [0.05, 0.1) is 0 Å². The maximum absolute atomic E-state index is 2.74. The Morgan fingerprint density at radius 3 is 1.35 bits per heavy atom. The third-order valence-corrected chi connectivity index (χ3v) is 12.1. The molecule has 0 saturated heterocycles. The molecule has 4 aliphatic heterocycles. The molecular weight excluding hydrogens is 552 g/mol. The Labute approximate surface area is 276 Å². The van der Waals surface area contributed by atoms with Crippen LogP contribution in [-0.2, 0) is 10.8 Å². The minimum Gasteiger partial charge on any atom is -0.312 e. The fraction of sp³-hybridized carbons (Fsp3) is 0.302. The van der Waals surface area contributed by atoms with E-state index in [-0.39, 0.29) is 24.3 Å². The van der Waals surface area contributed by atoms with Gasteiger partial charge in [-0.05, 0) is 86.1 Å². The highest BCUT2D eigenvalue weighted by Crippen LogP contribution is 2.47. The van der Waals surface area contributed by atoms with Crippen molar-refractivity contribution in [3.8, 4) is 0 Å². The van der Waals surface area contributed by atoms with Crippen LogP contribution in [0, 0.1) is 6.92 Å². The van der Waals surface area contributed by atoms with Gasteiger partial charge in [0.1, 0.15) is 0 Å². The number of fused-ring (bicyclic) bond motifs is 8. The molecule has 9 rings (SSSR count). The highest BCUT2D eigenvalue weighted by Gasteiger charge is 2.52. The van der Waals surface area contributed by atoms with Gasteiger partial charge >= 0.3 is 0 Å². The van der Waals surface area contributed by atoms with Crippen molar-refractivity contribution in [1.82, 2.24) is 0 Å². The number of hydrogen-bond acceptors (Lipinski definition) is 1. The van der Waals surface area contributed by atoms with Gasteiger partial charge in [0.2, 0.25) is 13.4 Å². The highest BCUT2D eigenvalue weighted by atomic mass is 15.2. The molecule has 0 aromatic heterocycles. The quantitative estimate of drug-likeness (QED) is 0.203. The molecule has 0 radical (unpaired) electrons. The lowest BCUT2D eigenvalue weighted by atomic mass is 9.26. The van der Waals surface area contributed by atoms with E-state index >= 15 is 0 Å². The second kappa shape index (κ2) is 9.09. The van der Waals surface area contributed by atoms with Crippen molar-refractivity contribution in [2.45, 2.75) is 85.0 Å². The maximum Gasteiger partial charge on any atom is 0.247 e. The van der Waals surface area contributed by atoms with Gasteiger partial charge in [-0.15, -0.1) is 0 Å². The molecule has 4 heterocycles. The average Bonchev–Trinajstić information content (AvgIpc) is 3.02. The van der Waals surface area contributed by atoms with E-state index in [4.69, 9.17) is 0 Å². The van der Waals surface area contributed by atoms with Crippen molar-refractivity contribution in [1.29, 1.82) is 0 Å². The predicted octanol–water partition coefficient (Wildman–Crippen LogP) is 6.65. The van der Waals surface area contributed by atoms with Crippen LogP contribution in [0.15, 0.2) is 84.9 Å². The summed E-state index contributed by atoms with van der Waals surface area (Å²) in [6.45, 7) is 22.0. The fourth-order valence-electron chi connectivity index (χ4n) is 9.78. The van der Waals surface area contributed by atoms with E-state index in [0.717, 1.165) is 0 Å². The first-order chi connectivity index (χ1) is 21.9. The third kappa shape index (κ3) is 3.39. The first kappa shape index (κ1) is 28.3. The standard InChI is InChI=1S/C43H43B2N/c1-24(2)27-20-31-39-37(22-27)46-38-23-28(25(3)4)21-32-40(38)45(34-17-13-11-15-30(34)43(32,8)9)36-19-26(5)18-35(41(36)46)44(39)33-16-12-10-14-29(33)42(31,6)7/h10-25H,1-9H3. The molecular formula is C43H43B2N. The smallest absolute Gasteiger partial charge is 0.247 e. The second-order valence-corrected chi connectivity index (χ2v) is 16.2. The summed E-state index contributed by atoms with van der Waals surface area (Å²) in [5.74, 6) is 0.872. The van der Waals surface area contributed by atoms with Gasteiger partial charge in [0.15, 0.2) is 0 Å². The summed E-state index contributed by atoms with van der Waals surface area (Å²) < 4.78 is 0. The SMILES string of the molecule is Cc1cc2c3c(c1)B1c4ccccc4C(C)(C)c4cc(C(C)C)cc(c41)N3c1cc(C(C)C)cc3c1B2c1ccccc1C3(C)C. The topological polar surface area (TPSA) is 3.24 Å². The summed E-state index contributed by atoms with van der Waals surface area (Å²) in [5, 5.41) is 0. The van der Waals surface area contributed by atoms with Gasteiger partial charge in [0, 0.05) is 27.9 Å². The van der Waals surface area contributed by atoms with Gasteiger partial charge in [-0.3, -0.25) is 0 Å². The zero-order chi connectivity index (χ0) is 32.0. The summed E-state index contributed by atoms with van der Waals surface area (Å²) in [6, 6.07) is 33.9. The minimum atomic E-state index is -0.0926. The largest absolute Gasteiger partial charge is 0.312 e. The van der Waals surface area contributed by atoms with E-state index < -0.39 is 0 Å². The van der Waals surface area contributed by atoms with Gasteiger partial charge in [-0.25, -0.2) is 0 Å². The Morgan fingerprint density at radius 1 is 0.522 bits per heavy atom. The molecule has 1 nitrogen and oxygen atoms in total. The van der Waals surface area contributed by atoms with E-state index in [1.807, 2.05) is 0 Å². The highest BCUT2D eigenvalue weighted by molar-refractivity contribution is 7.03. The van der Waals surface area contributed by atoms with E-state index in [2.05, 4.69) is 152 Å². The molecule has 0 saturated carbocycles. The summed E-state index contributed by atoms with van der Waals surface area (Å²) in [4.78, 5) is 2.74. The molecule has 4 aliphatic rings. The molecule has 0 atom stereocenters. The van der Waals surface area contributed by atoms with Crippen LogP contribution in [0.3, 0.4) is 0 Å². The number of rotatable bonds is 2. The van der Waals surface area contributed by atoms with Crippen LogP contribution in [0.1, 0.15) is 106 Å². The zero-order valence-electron chi connectivity index (χ0n) is 28.8. The molecule has 0 aliphatic carbocycles. The monoisotopic (exact) mass is 595 g/mol. The summed E-state index contributed by atoms with van der Waals surface area (Å²) in [6.07, 6.45) is 0. The van der Waals surface area contributed by atoms with E-state index in [1.165, 1.54) is 88.8 Å². The molecule has 46 heavy (non-hydrogen) atoms. The Morgan fingerprint density at radius 2 is 0.935 bits per heavy atom. The average molecular weight is 595 g/mol. The van der Waals surface area contributed by atoms with E-state index in [9.17, 15) is 0 Å². The van der Waals surface area contributed by atoms with Crippen LogP contribution < -0.4 is 37.7 Å². The van der Waals surface area contributed by atoms with Crippen LogP contribution in [0.2, 0.25) is 0 Å².